The van der Waals surface area contributed by atoms with Crippen LogP contribution in [0.15, 0.2) is 23.7 Å². The molecule has 5 nitrogen and oxygen atoms in total. The summed E-state index contributed by atoms with van der Waals surface area (Å²) in [5, 5.41) is 6.59. The number of carbonyl (C=O) groups excluding carboxylic acids is 1. The number of amides is 1. The SMILES string of the molecule is Cc1nn(C)cc1CN1CC[C@@H]2[C@@H](CCC(=O)N2CCc2cccs2)C1. The predicted molar refractivity (Wildman–Crippen MR) is 104 cm³/mol. The fourth-order valence-electron chi connectivity index (χ4n) is 4.59. The molecule has 0 unspecified atom stereocenters. The minimum atomic E-state index is 0.361. The van der Waals surface area contributed by atoms with Crippen LogP contribution in [0.4, 0.5) is 0 Å². The molecule has 6 heteroatoms. The fraction of sp³-hybridized carbons (Fsp3) is 0.600. The highest BCUT2D eigenvalue weighted by Gasteiger charge is 2.39. The van der Waals surface area contributed by atoms with Crippen molar-refractivity contribution in [2.75, 3.05) is 19.6 Å². The number of hydrogen-bond acceptors (Lipinski definition) is 4. The van der Waals surface area contributed by atoms with Crippen LogP contribution in [0.3, 0.4) is 0 Å². The Bertz CT molecular complexity index is 754. The van der Waals surface area contributed by atoms with Crippen LogP contribution in [0.2, 0.25) is 0 Å². The Hall–Kier alpha value is -1.66. The van der Waals surface area contributed by atoms with E-state index < -0.39 is 0 Å². The molecule has 4 rings (SSSR count). The van der Waals surface area contributed by atoms with Gasteiger partial charge in [0.25, 0.3) is 0 Å². The van der Waals surface area contributed by atoms with Gasteiger partial charge in [-0.25, -0.2) is 0 Å². The van der Waals surface area contributed by atoms with Crippen LogP contribution in [0.5, 0.6) is 0 Å². The summed E-state index contributed by atoms with van der Waals surface area (Å²) in [6.07, 6.45) is 5.98. The van der Waals surface area contributed by atoms with Crippen molar-refractivity contribution < 1.29 is 4.79 Å². The van der Waals surface area contributed by atoms with Crippen LogP contribution in [0.25, 0.3) is 0 Å². The van der Waals surface area contributed by atoms with Crippen LogP contribution in [-0.2, 0) is 24.8 Å². The van der Waals surface area contributed by atoms with Gasteiger partial charge in [-0.2, -0.15) is 5.10 Å². The van der Waals surface area contributed by atoms with Gasteiger partial charge in [0.15, 0.2) is 0 Å². The summed E-state index contributed by atoms with van der Waals surface area (Å²) in [5.41, 5.74) is 2.46. The minimum absolute atomic E-state index is 0.361. The van der Waals surface area contributed by atoms with E-state index in [1.165, 1.54) is 10.4 Å². The third kappa shape index (κ3) is 3.71. The second-order valence-electron chi connectivity index (χ2n) is 7.72. The summed E-state index contributed by atoms with van der Waals surface area (Å²) in [6, 6.07) is 4.71. The number of thiophene rings is 1. The maximum Gasteiger partial charge on any atom is 0.222 e. The summed E-state index contributed by atoms with van der Waals surface area (Å²) in [6.45, 7) is 6.11. The molecule has 2 aliphatic heterocycles. The first-order valence-corrected chi connectivity index (χ1v) is 10.5. The average molecular weight is 373 g/mol. The van der Waals surface area contributed by atoms with Crippen LogP contribution in [-0.4, -0.2) is 51.2 Å². The van der Waals surface area contributed by atoms with Gasteiger partial charge in [0, 0.05) is 62.3 Å². The molecule has 0 radical (unpaired) electrons. The van der Waals surface area contributed by atoms with Gasteiger partial charge in [-0.3, -0.25) is 14.4 Å². The van der Waals surface area contributed by atoms with Gasteiger partial charge in [0.05, 0.1) is 5.69 Å². The fourth-order valence-corrected chi connectivity index (χ4v) is 5.29. The number of carbonyl (C=O) groups is 1. The quantitative estimate of drug-likeness (QED) is 0.810. The lowest BCUT2D eigenvalue weighted by Crippen LogP contribution is -2.56. The van der Waals surface area contributed by atoms with Crippen molar-refractivity contribution in [3.8, 4) is 0 Å². The number of fused-ring (bicyclic) bond motifs is 1. The zero-order chi connectivity index (χ0) is 18.1. The number of piperidine rings is 2. The van der Waals surface area contributed by atoms with Gasteiger partial charge >= 0.3 is 0 Å². The number of rotatable bonds is 5. The molecule has 26 heavy (non-hydrogen) atoms. The first kappa shape index (κ1) is 17.7. The number of nitrogens with zero attached hydrogens (tertiary/aromatic N) is 4. The van der Waals surface area contributed by atoms with Gasteiger partial charge in [-0.1, -0.05) is 6.07 Å². The molecule has 0 N–H and O–H groups in total. The Morgan fingerprint density at radius 3 is 2.96 bits per heavy atom. The number of likely N-dealkylation sites (tertiary alicyclic amines) is 2. The lowest BCUT2D eigenvalue weighted by molar-refractivity contribution is -0.141. The Morgan fingerprint density at radius 2 is 2.23 bits per heavy atom. The van der Waals surface area contributed by atoms with E-state index in [2.05, 4.69) is 45.5 Å². The number of hydrogen-bond donors (Lipinski definition) is 0. The lowest BCUT2D eigenvalue weighted by atomic mass is 9.83. The molecule has 2 aliphatic rings. The van der Waals surface area contributed by atoms with Crippen molar-refractivity contribution in [3.63, 3.8) is 0 Å². The zero-order valence-corrected chi connectivity index (χ0v) is 16.5. The molecule has 2 atom stereocenters. The Kier molecular flexibility index (Phi) is 5.14. The summed E-state index contributed by atoms with van der Waals surface area (Å²) < 4.78 is 1.91. The van der Waals surface area contributed by atoms with E-state index in [4.69, 9.17) is 0 Å². The van der Waals surface area contributed by atoms with Crippen molar-refractivity contribution in [2.45, 2.75) is 45.2 Å². The molecular weight excluding hydrogens is 344 g/mol. The van der Waals surface area contributed by atoms with Crippen LogP contribution >= 0.6 is 11.3 Å². The van der Waals surface area contributed by atoms with Gasteiger partial charge < -0.3 is 4.90 Å². The number of aromatic nitrogens is 2. The van der Waals surface area contributed by atoms with Gasteiger partial charge in [-0.05, 0) is 43.6 Å². The van der Waals surface area contributed by atoms with Crippen molar-refractivity contribution in [2.24, 2.45) is 13.0 Å². The van der Waals surface area contributed by atoms with Gasteiger partial charge in [0.1, 0.15) is 0 Å². The summed E-state index contributed by atoms with van der Waals surface area (Å²) in [4.78, 5) is 18.7. The first-order chi connectivity index (χ1) is 12.6. The first-order valence-electron chi connectivity index (χ1n) is 9.63. The molecule has 2 aromatic heterocycles. The lowest BCUT2D eigenvalue weighted by Gasteiger charge is -2.47. The molecule has 0 aliphatic carbocycles. The van der Waals surface area contributed by atoms with Gasteiger partial charge in [-0.15, -0.1) is 11.3 Å². The van der Waals surface area contributed by atoms with Crippen LogP contribution < -0.4 is 0 Å². The molecule has 0 aromatic carbocycles. The highest BCUT2D eigenvalue weighted by atomic mass is 32.1. The van der Waals surface area contributed by atoms with E-state index >= 15 is 0 Å². The average Bonchev–Trinajstić information content (AvgIpc) is 3.24. The maximum atomic E-state index is 12.5. The third-order valence-electron chi connectivity index (χ3n) is 5.92. The van der Waals surface area contributed by atoms with E-state index in [0.29, 0.717) is 24.3 Å². The molecule has 2 fully saturated rings. The Balaban J connectivity index is 1.38. The van der Waals surface area contributed by atoms with Crippen LogP contribution in [0.1, 0.15) is 35.4 Å². The van der Waals surface area contributed by atoms with Gasteiger partial charge in [0.2, 0.25) is 5.91 Å². The smallest absolute Gasteiger partial charge is 0.222 e. The van der Waals surface area contributed by atoms with E-state index in [1.54, 1.807) is 11.3 Å². The van der Waals surface area contributed by atoms with E-state index in [1.807, 2.05) is 11.7 Å². The third-order valence-corrected chi connectivity index (χ3v) is 6.85. The van der Waals surface area contributed by atoms with E-state index in [9.17, 15) is 4.79 Å². The highest BCUT2D eigenvalue weighted by Crippen LogP contribution is 2.32. The second kappa shape index (κ2) is 7.53. The predicted octanol–water partition coefficient (Wildman–Crippen LogP) is 2.85. The minimum Gasteiger partial charge on any atom is -0.339 e. The molecule has 2 aromatic rings. The maximum absolute atomic E-state index is 12.5. The standard InChI is InChI=1S/C20H28N4OS/c1-15-17(12-22(2)21-15)14-23-9-8-19-16(13-23)5-6-20(25)24(19)10-7-18-4-3-11-26-18/h3-4,11-12,16,19H,5-10,13-14H2,1-2H3/t16-,19+/m0/s1. The molecule has 4 heterocycles. The molecule has 1 amide bonds. The van der Waals surface area contributed by atoms with Crippen molar-refractivity contribution in [1.82, 2.24) is 19.6 Å². The molecule has 0 saturated carbocycles. The zero-order valence-electron chi connectivity index (χ0n) is 15.7. The van der Waals surface area contributed by atoms with Crippen molar-refractivity contribution in [3.05, 3.63) is 39.8 Å². The number of aryl methyl sites for hydroxylation is 2. The van der Waals surface area contributed by atoms with E-state index in [-0.39, 0.29) is 0 Å². The van der Waals surface area contributed by atoms with E-state index in [0.717, 1.165) is 51.1 Å². The molecule has 140 valence electrons. The second-order valence-corrected chi connectivity index (χ2v) is 8.75. The molecule has 2 saturated heterocycles. The monoisotopic (exact) mass is 372 g/mol. The molecule has 0 spiro atoms. The summed E-state index contributed by atoms with van der Waals surface area (Å²) >= 11 is 1.79. The summed E-state index contributed by atoms with van der Waals surface area (Å²) in [7, 11) is 1.99. The van der Waals surface area contributed by atoms with Crippen molar-refractivity contribution in [1.29, 1.82) is 0 Å². The Morgan fingerprint density at radius 1 is 1.35 bits per heavy atom. The molecular formula is C20H28N4OS. The topological polar surface area (TPSA) is 41.4 Å². The largest absolute Gasteiger partial charge is 0.339 e. The normalized spacial score (nSPS) is 24.1. The Labute approximate surface area is 159 Å². The highest BCUT2D eigenvalue weighted by molar-refractivity contribution is 7.09. The molecule has 0 bridgehead atoms. The van der Waals surface area contributed by atoms with Crippen molar-refractivity contribution >= 4 is 17.2 Å². The summed E-state index contributed by atoms with van der Waals surface area (Å²) in [5.74, 6) is 0.973. The van der Waals surface area contributed by atoms with Crippen LogP contribution in [0, 0.1) is 12.8 Å².